The minimum absolute atomic E-state index is 0. The molecular weight excluding hydrogens is 300 g/mol. The van der Waals surface area contributed by atoms with Gasteiger partial charge in [0.25, 0.3) is 0 Å². The summed E-state index contributed by atoms with van der Waals surface area (Å²) in [5.41, 5.74) is 1.13. The summed E-state index contributed by atoms with van der Waals surface area (Å²) in [4.78, 5) is 12.2. The first-order valence-corrected chi connectivity index (χ1v) is 7.71. The average Bonchev–Trinajstić information content (AvgIpc) is 2.51. The van der Waals surface area contributed by atoms with Crippen LogP contribution in [0.2, 0.25) is 0 Å². The van der Waals surface area contributed by atoms with Gasteiger partial charge in [0.15, 0.2) is 0 Å². The summed E-state index contributed by atoms with van der Waals surface area (Å²) < 4.78 is 5.19. The molecule has 0 radical (unpaired) electrons. The van der Waals surface area contributed by atoms with Gasteiger partial charge < -0.3 is 15.4 Å². The molecule has 1 amide bonds. The highest BCUT2D eigenvalue weighted by Crippen LogP contribution is 2.22. The van der Waals surface area contributed by atoms with Gasteiger partial charge in [0.1, 0.15) is 5.75 Å². The number of halogens is 1. The van der Waals surface area contributed by atoms with Crippen LogP contribution in [0.4, 0.5) is 0 Å². The predicted octanol–water partition coefficient (Wildman–Crippen LogP) is 3.32. The summed E-state index contributed by atoms with van der Waals surface area (Å²) in [6.07, 6.45) is 3.17. The van der Waals surface area contributed by atoms with Crippen LogP contribution in [0.5, 0.6) is 5.75 Å². The zero-order valence-corrected chi connectivity index (χ0v) is 14.8. The number of carbonyl (C=O) groups excluding carboxylic acids is 1. The molecule has 126 valence electrons. The van der Waals surface area contributed by atoms with Crippen molar-refractivity contribution in [3.8, 4) is 5.75 Å². The normalized spacial score (nSPS) is 12.9. The smallest absolute Gasteiger partial charge is 0.224 e. The Morgan fingerprint density at radius 3 is 2.41 bits per heavy atom. The summed E-state index contributed by atoms with van der Waals surface area (Å²) in [5, 5.41) is 6.21. The second kappa shape index (κ2) is 11.3. The maximum atomic E-state index is 12.2. The molecule has 0 aliphatic heterocycles. The molecule has 1 aromatic carbocycles. The number of hydrogen-bond donors (Lipinski definition) is 2. The molecule has 0 spiro atoms. The summed E-state index contributed by atoms with van der Waals surface area (Å²) in [6.45, 7) is 4.79. The van der Waals surface area contributed by atoms with Gasteiger partial charge >= 0.3 is 0 Å². The third-order valence-corrected chi connectivity index (χ3v) is 3.64. The van der Waals surface area contributed by atoms with E-state index in [0.29, 0.717) is 6.54 Å². The lowest BCUT2D eigenvalue weighted by Crippen LogP contribution is -2.36. The van der Waals surface area contributed by atoms with Gasteiger partial charge in [0.05, 0.1) is 13.2 Å². The molecule has 1 aromatic rings. The lowest BCUT2D eigenvalue weighted by Gasteiger charge is -2.21. The van der Waals surface area contributed by atoms with Crippen molar-refractivity contribution >= 4 is 18.3 Å². The number of ether oxygens (including phenoxy) is 1. The van der Waals surface area contributed by atoms with E-state index in [1.54, 1.807) is 7.11 Å². The molecule has 0 aliphatic carbocycles. The Morgan fingerprint density at radius 2 is 1.91 bits per heavy atom. The van der Waals surface area contributed by atoms with Crippen molar-refractivity contribution in [3.63, 3.8) is 0 Å². The molecule has 0 saturated heterocycles. The van der Waals surface area contributed by atoms with Crippen molar-refractivity contribution in [2.24, 2.45) is 5.92 Å². The molecule has 0 aromatic heterocycles. The molecule has 2 N–H and O–H groups in total. The number of nitrogens with one attached hydrogen (secondary N) is 2. The fraction of sp³-hybridized carbons (Fsp3) is 0.588. The highest BCUT2D eigenvalue weighted by molar-refractivity contribution is 5.85. The van der Waals surface area contributed by atoms with Crippen molar-refractivity contribution in [1.82, 2.24) is 10.6 Å². The highest BCUT2D eigenvalue weighted by atomic mass is 35.5. The Kier molecular flexibility index (Phi) is 10.7. The molecular formula is C17H29ClN2O2. The minimum Gasteiger partial charge on any atom is -0.497 e. The van der Waals surface area contributed by atoms with Crippen LogP contribution in [-0.2, 0) is 4.79 Å². The molecule has 0 heterocycles. The maximum Gasteiger partial charge on any atom is 0.224 e. The van der Waals surface area contributed by atoms with Gasteiger partial charge in [-0.15, -0.1) is 12.4 Å². The quantitative estimate of drug-likeness (QED) is 0.731. The van der Waals surface area contributed by atoms with E-state index in [2.05, 4.69) is 17.6 Å². The van der Waals surface area contributed by atoms with Crippen LogP contribution in [0, 0.1) is 5.92 Å². The Bertz CT molecular complexity index is 423. The zero-order valence-electron chi connectivity index (χ0n) is 14.0. The second-order valence-corrected chi connectivity index (χ2v) is 5.44. The van der Waals surface area contributed by atoms with E-state index in [0.717, 1.165) is 30.6 Å². The van der Waals surface area contributed by atoms with E-state index in [-0.39, 0.29) is 30.3 Å². The Labute approximate surface area is 140 Å². The van der Waals surface area contributed by atoms with Crippen molar-refractivity contribution in [1.29, 1.82) is 0 Å². The maximum absolute atomic E-state index is 12.2. The number of hydrogen-bond acceptors (Lipinski definition) is 3. The van der Waals surface area contributed by atoms with Gasteiger partial charge in [-0.2, -0.15) is 0 Å². The van der Waals surface area contributed by atoms with Gasteiger partial charge in [-0.25, -0.2) is 0 Å². The number of benzene rings is 1. The number of carbonyl (C=O) groups is 1. The standard InChI is InChI=1S/C17H28N2O2.ClH/c1-5-6-7-16(19-17(20)13(2)12-18-3)14-8-10-15(21-4)11-9-14;/h8-11,13,16,18H,5-7,12H2,1-4H3,(H,19,20);1H. The van der Waals surface area contributed by atoms with Crippen molar-refractivity contribution in [3.05, 3.63) is 29.8 Å². The van der Waals surface area contributed by atoms with Gasteiger partial charge in [-0.3, -0.25) is 4.79 Å². The summed E-state index contributed by atoms with van der Waals surface area (Å²) in [6, 6.07) is 8.02. The minimum atomic E-state index is -0.0302. The third-order valence-electron chi connectivity index (χ3n) is 3.64. The molecule has 22 heavy (non-hydrogen) atoms. The lowest BCUT2D eigenvalue weighted by atomic mass is 10.00. The summed E-state index contributed by atoms with van der Waals surface area (Å²) in [7, 11) is 3.52. The lowest BCUT2D eigenvalue weighted by molar-refractivity contribution is -0.125. The highest BCUT2D eigenvalue weighted by Gasteiger charge is 2.18. The number of rotatable bonds is 9. The SMILES string of the molecule is CCCCC(NC(=O)C(C)CNC)c1ccc(OC)cc1.Cl. The molecule has 2 unspecified atom stereocenters. The average molecular weight is 329 g/mol. The molecule has 0 bridgehead atoms. The molecule has 0 fully saturated rings. The third kappa shape index (κ3) is 6.67. The summed E-state index contributed by atoms with van der Waals surface area (Å²) >= 11 is 0. The molecule has 0 aliphatic rings. The Balaban J connectivity index is 0.00000441. The Hall–Kier alpha value is -1.26. The van der Waals surface area contributed by atoms with E-state index in [9.17, 15) is 4.79 Å². The van der Waals surface area contributed by atoms with Crippen molar-refractivity contribution < 1.29 is 9.53 Å². The van der Waals surface area contributed by atoms with Crippen molar-refractivity contribution in [2.45, 2.75) is 39.2 Å². The second-order valence-electron chi connectivity index (χ2n) is 5.44. The molecule has 5 heteroatoms. The zero-order chi connectivity index (χ0) is 15.7. The Morgan fingerprint density at radius 1 is 1.27 bits per heavy atom. The van der Waals surface area contributed by atoms with E-state index in [1.165, 1.54) is 0 Å². The number of methoxy groups -OCH3 is 1. The van der Waals surface area contributed by atoms with Crippen LogP contribution in [0.15, 0.2) is 24.3 Å². The van der Waals surface area contributed by atoms with Crippen LogP contribution in [0.3, 0.4) is 0 Å². The molecule has 2 atom stereocenters. The van der Waals surface area contributed by atoms with E-state index < -0.39 is 0 Å². The van der Waals surface area contributed by atoms with Gasteiger partial charge in [0, 0.05) is 12.5 Å². The van der Waals surface area contributed by atoms with E-state index >= 15 is 0 Å². The summed E-state index contributed by atoms with van der Waals surface area (Å²) in [5.74, 6) is 0.904. The topological polar surface area (TPSA) is 50.4 Å². The van der Waals surface area contributed by atoms with Crippen LogP contribution >= 0.6 is 12.4 Å². The molecule has 0 saturated carbocycles. The first-order chi connectivity index (χ1) is 10.1. The molecule has 1 rings (SSSR count). The first kappa shape index (κ1) is 20.7. The van der Waals surface area contributed by atoms with Gasteiger partial charge in [-0.1, -0.05) is 38.8 Å². The number of unbranched alkanes of at least 4 members (excludes halogenated alkanes) is 1. The monoisotopic (exact) mass is 328 g/mol. The van der Waals surface area contributed by atoms with Crippen LogP contribution in [0.25, 0.3) is 0 Å². The van der Waals surface area contributed by atoms with Gasteiger partial charge in [0.2, 0.25) is 5.91 Å². The van der Waals surface area contributed by atoms with Crippen molar-refractivity contribution in [2.75, 3.05) is 20.7 Å². The first-order valence-electron chi connectivity index (χ1n) is 7.71. The molecule has 4 nitrogen and oxygen atoms in total. The van der Waals surface area contributed by atoms with E-state index in [4.69, 9.17) is 4.74 Å². The fourth-order valence-electron chi connectivity index (χ4n) is 2.28. The predicted molar refractivity (Wildman–Crippen MR) is 93.7 cm³/mol. The largest absolute Gasteiger partial charge is 0.497 e. The van der Waals surface area contributed by atoms with Gasteiger partial charge in [-0.05, 0) is 31.2 Å². The van der Waals surface area contributed by atoms with Crippen LogP contribution < -0.4 is 15.4 Å². The fourth-order valence-corrected chi connectivity index (χ4v) is 2.28. The van der Waals surface area contributed by atoms with E-state index in [1.807, 2.05) is 38.2 Å². The number of amides is 1. The van der Waals surface area contributed by atoms with Crippen LogP contribution in [0.1, 0.15) is 44.7 Å². The van der Waals surface area contributed by atoms with Crippen LogP contribution in [-0.4, -0.2) is 26.6 Å².